The van der Waals surface area contributed by atoms with Crippen LogP contribution >= 0.6 is 0 Å². The second-order valence-corrected chi connectivity index (χ2v) is 3.62. The van der Waals surface area contributed by atoms with E-state index < -0.39 is 6.09 Å². The fraction of sp³-hybridized carbons (Fsp3) is 0.778. The number of carboxylic acid groups (broad SMARTS) is 1. The Morgan fingerprint density at radius 2 is 1.57 bits per heavy atom. The van der Waals surface area contributed by atoms with Gasteiger partial charge in [-0.3, -0.25) is 4.79 Å². The average molecular weight is 202 g/mol. The molecule has 82 valence electrons. The Balaban J connectivity index is 3.90. The third-order valence-electron chi connectivity index (χ3n) is 1.97. The minimum atomic E-state index is -0.976. The van der Waals surface area contributed by atoms with Crippen LogP contribution in [0.15, 0.2) is 0 Å². The van der Waals surface area contributed by atoms with Gasteiger partial charge in [-0.15, -0.1) is 0 Å². The van der Waals surface area contributed by atoms with Crippen LogP contribution in [-0.4, -0.2) is 54.1 Å². The van der Waals surface area contributed by atoms with Gasteiger partial charge in [0.25, 0.3) is 0 Å². The Bertz CT molecular complexity index is 216. The Kier molecular flexibility index (Phi) is 4.97. The highest BCUT2D eigenvalue weighted by Gasteiger charge is 2.14. The number of likely N-dealkylation sites (N-methyl/N-ethyl adjacent to an activating group) is 2. The Hall–Kier alpha value is -1.26. The van der Waals surface area contributed by atoms with Gasteiger partial charge in [-0.1, -0.05) is 13.8 Å². The van der Waals surface area contributed by atoms with E-state index in [0.29, 0.717) is 13.1 Å². The van der Waals surface area contributed by atoms with Crippen LogP contribution in [0.3, 0.4) is 0 Å². The quantitative estimate of drug-likeness (QED) is 0.730. The van der Waals surface area contributed by atoms with Gasteiger partial charge in [0.1, 0.15) is 0 Å². The summed E-state index contributed by atoms with van der Waals surface area (Å²) in [6.07, 6.45) is -0.976. The topological polar surface area (TPSA) is 60.9 Å². The van der Waals surface area contributed by atoms with Gasteiger partial charge in [-0.2, -0.15) is 0 Å². The minimum Gasteiger partial charge on any atom is -0.465 e. The summed E-state index contributed by atoms with van der Waals surface area (Å²) in [5, 5.41) is 8.57. The fourth-order valence-corrected chi connectivity index (χ4v) is 0.947. The highest BCUT2D eigenvalue weighted by Crippen LogP contribution is 1.98. The first-order chi connectivity index (χ1) is 6.36. The van der Waals surface area contributed by atoms with Crippen molar-refractivity contribution < 1.29 is 14.7 Å². The van der Waals surface area contributed by atoms with E-state index in [9.17, 15) is 9.59 Å². The van der Waals surface area contributed by atoms with E-state index in [0.717, 1.165) is 4.90 Å². The van der Waals surface area contributed by atoms with Gasteiger partial charge in [0, 0.05) is 33.1 Å². The zero-order valence-corrected chi connectivity index (χ0v) is 9.15. The van der Waals surface area contributed by atoms with Crippen molar-refractivity contribution in [3.05, 3.63) is 0 Å². The second kappa shape index (κ2) is 5.47. The molecular weight excluding hydrogens is 184 g/mol. The zero-order valence-electron chi connectivity index (χ0n) is 9.15. The van der Waals surface area contributed by atoms with Crippen molar-refractivity contribution in [1.82, 2.24) is 9.80 Å². The summed E-state index contributed by atoms with van der Waals surface area (Å²) in [4.78, 5) is 24.5. The zero-order chi connectivity index (χ0) is 11.3. The van der Waals surface area contributed by atoms with E-state index in [1.807, 2.05) is 13.8 Å². The maximum Gasteiger partial charge on any atom is 0.407 e. The van der Waals surface area contributed by atoms with Crippen LogP contribution in [0.25, 0.3) is 0 Å². The van der Waals surface area contributed by atoms with Crippen LogP contribution in [0.1, 0.15) is 13.8 Å². The van der Waals surface area contributed by atoms with Crippen molar-refractivity contribution >= 4 is 12.0 Å². The van der Waals surface area contributed by atoms with Gasteiger partial charge >= 0.3 is 6.09 Å². The minimum absolute atomic E-state index is 0.0313. The molecule has 0 spiro atoms. The van der Waals surface area contributed by atoms with Crippen LogP contribution < -0.4 is 0 Å². The normalized spacial score (nSPS) is 10.1. The molecule has 0 saturated heterocycles. The van der Waals surface area contributed by atoms with E-state index in [4.69, 9.17) is 5.11 Å². The number of rotatable bonds is 4. The SMILES string of the molecule is CC(C)C(=O)N(C)CCN(C)C(=O)O. The lowest BCUT2D eigenvalue weighted by Crippen LogP contribution is -2.38. The first-order valence-corrected chi connectivity index (χ1v) is 4.55. The van der Waals surface area contributed by atoms with Crippen LogP contribution in [0.2, 0.25) is 0 Å². The van der Waals surface area contributed by atoms with Crippen molar-refractivity contribution in [2.24, 2.45) is 5.92 Å². The third kappa shape index (κ3) is 4.11. The molecule has 0 aromatic carbocycles. The average Bonchev–Trinajstić information content (AvgIpc) is 2.11. The van der Waals surface area contributed by atoms with Crippen molar-refractivity contribution in [2.45, 2.75) is 13.8 Å². The lowest BCUT2D eigenvalue weighted by Gasteiger charge is -2.21. The number of carbonyl (C=O) groups excluding carboxylic acids is 1. The Labute approximate surface area is 84.3 Å². The molecule has 0 aromatic rings. The molecule has 2 amide bonds. The fourth-order valence-electron chi connectivity index (χ4n) is 0.947. The number of carbonyl (C=O) groups is 2. The highest BCUT2D eigenvalue weighted by molar-refractivity contribution is 5.77. The third-order valence-corrected chi connectivity index (χ3v) is 1.97. The summed E-state index contributed by atoms with van der Waals surface area (Å²) >= 11 is 0. The lowest BCUT2D eigenvalue weighted by atomic mass is 10.2. The van der Waals surface area contributed by atoms with E-state index in [1.54, 1.807) is 11.9 Å². The molecule has 5 heteroatoms. The Morgan fingerprint density at radius 1 is 1.14 bits per heavy atom. The second-order valence-electron chi connectivity index (χ2n) is 3.62. The van der Waals surface area contributed by atoms with Gasteiger partial charge in [-0.05, 0) is 0 Å². The molecule has 0 fully saturated rings. The molecule has 1 N–H and O–H groups in total. The van der Waals surface area contributed by atoms with Crippen molar-refractivity contribution in [1.29, 1.82) is 0 Å². The van der Waals surface area contributed by atoms with E-state index >= 15 is 0 Å². The first-order valence-electron chi connectivity index (χ1n) is 4.55. The summed E-state index contributed by atoms with van der Waals surface area (Å²) < 4.78 is 0. The molecule has 0 atom stereocenters. The predicted octanol–water partition coefficient (Wildman–Crippen LogP) is 0.711. The molecule has 0 bridgehead atoms. The van der Waals surface area contributed by atoms with Crippen LogP contribution in [0.4, 0.5) is 4.79 Å². The maximum atomic E-state index is 11.4. The van der Waals surface area contributed by atoms with Crippen LogP contribution in [-0.2, 0) is 4.79 Å². The number of nitrogens with zero attached hydrogens (tertiary/aromatic N) is 2. The standard InChI is InChI=1S/C9H18N2O3/c1-7(2)8(12)10(3)5-6-11(4)9(13)14/h7H,5-6H2,1-4H3,(H,13,14). The van der Waals surface area contributed by atoms with Crippen LogP contribution in [0, 0.1) is 5.92 Å². The van der Waals surface area contributed by atoms with E-state index in [1.165, 1.54) is 7.05 Å². The van der Waals surface area contributed by atoms with Gasteiger partial charge in [0.15, 0.2) is 0 Å². The summed E-state index contributed by atoms with van der Waals surface area (Å²) in [7, 11) is 3.16. The molecule has 0 saturated carbocycles. The molecule has 0 aliphatic heterocycles. The molecule has 5 nitrogen and oxygen atoms in total. The molecule has 0 heterocycles. The molecule has 0 aromatic heterocycles. The largest absolute Gasteiger partial charge is 0.465 e. The highest BCUT2D eigenvalue weighted by atomic mass is 16.4. The molecule has 0 aliphatic carbocycles. The molecular formula is C9H18N2O3. The molecule has 0 unspecified atom stereocenters. The van der Waals surface area contributed by atoms with Gasteiger partial charge in [-0.25, -0.2) is 4.79 Å². The molecule has 14 heavy (non-hydrogen) atoms. The first kappa shape index (κ1) is 12.7. The number of hydrogen-bond donors (Lipinski definition) is 1. The van der Waals surface area contributed by atoms with Crippen molar-refractivity contribution in [2.75, 3.05) is 27.2 Å². The van der Waals surface area contributed by atoms with E-state index in [-0.39, 0.29) is 11.8 Å². The molecule has 0 radical (unpaired) electrons. The van der Waals surface area contributed by atoms with Crippen molar-refractivity contribution in [3.8, 4) is 0 Å². The Morgan fingerprint density at radius 3 is 1.93 bits per heavy atom. The number of hydrogen-bond acceptors (Lipinski definition) is 2. The summed E-state index contributed by atoms with van der Waals surface area (Å²) in [5.41, 5.74) is 0. The van der Waals surface area contributed by atoms with Gasteiger partial charge < -0.3 is 14.9 Å². The monoisotopic (exact) mass is 202 g/mol. The predicted molar refractivity (Wildman–Crippen MR) is 53.1 cm³/mol. The lowest BCUT2D eigenvalue weighted by molar-refractivity contribution is -0.133. The van der Waals surface area contributed by atoms with Gasteiger partial charge in [0.05, 0.1) is 0 Å². The molecule has 0 rings (SSSR count). The number of amides is 2. The van der Waals surface area contributed by atoms with Crippen LogP contribution in [0.5, 0.6) is 0 Å². The van der Waals surface area contributed by atoms with Crippen molar-refractivity contribution in [3.63, 3.8) is 0 Å². The smallest absolute Gasteiger partial charge is 0.407 e. The van der Waals surface area contributed by atoms with Gasteiger partial charge in [0.2, 0.25) is 5.91 Å². The molecule has 0 aliphatic rings. The summed E-state index contributed by atoms with van der Waals surface area (Å²) in [6.45, 7) is 4.41. The summed E-state index contributed by atoms with van der Waals surface area (Å²) in [5.74, 6) is -0.0149. The maximum absolute atomic E-state index is 11.4. The summed E-state index contributed by atoms with van der Waals surface area (Å²) in [6, 6.07) is 0. The van der Waals surface area contributed by atoms with E-state index in [2.05, 4.69) is 0 Å².